The predicted octanol–water partition coefficient (Wildman–Crippen LogP) is 4.00. The number of carbonyl (C=O) groups is 1. The van der Waals surface area contributed by atoms with E-state index in [2.05, 4.69) is 16.9 Å². The molecule has 0 bridgehead atoms. The third kappa shape index (κ3) is 2.65. The second-order valence-electron chi connectivity index (χ2n) is 5.01. The molecule has 0 atom stereocenters. The monoisotopic (exact) mass is 299 g/mol. The summed E-state index contributed by atoms with van der Waals surface area (Å²) in [4.78, 5) is 21.1. The Hall–Kier alpha value is -1.88. The molecule has 0 amide bonds. The lowest BCUT2D eigenvalue weighted by molar-refractivity contribution is -0.111. The normalized spacial score (nSPS) is 11.3. The van der Waals surface area contributed by atoms with Crippen LogP contribution in [0.2, 0.25) is 0 Å². The van der Waals surface area contributed by atoms with Crippen LogP contribution in [-0.4, -0.2) is 19.5 Å². The SMILES string of the molecule is CCCCC(=O)Sc1c(C)nc2nc3cccccc3n12. The van der Waals surface area contributed by atoms with Crippen molar-refractivity contribution in [1.29, 1.82) is 0 Å². The van der Waals surface area contributed by atoms with Crippen LogP contribution >= 0.6 is 11.8 Å². The molecule has 2 heterocycles. The molecule has 1 aromatic carbocycles. The zero-order valence-corrected chi connectivity index (χ0v) is 13.0. The molecule has 3 aromatic rings. The van der Waals surface area contributed by atoms with Gasteiger partial charge in [-0.3, -0.25) is 9.20 Å². The molecule has 0 fully saturated rings. The summed E-state index contributed by atoms with van der Waals surface area (Å²) in [5.74, 6) is 0.666. The van der Waals surface area contributed by atoms with Crippen LogP contribution in [0.5, 0.6) is 0 Å². The molecule has 5 heteroatoms. The van der Waals surface area contributed by atoms with Gasteiger partial charge in [-0.05, 0) is 37.2 Å². The summed E-state index contributed by atoms with van der Waals surface area (Å²) in [6.07, 6.45) is 2.57. The number of thioether (sulfide) groups is 1. The van der Waals surface area contributed by atoms with E-state index in [9.17, 15) is 4.79 Å². The van der Waals surface area contributed by atoms with E-state index in [4.69, 9.17) is 0 Å². The Labute approximate surface area is 127 Å². The molecular weight excluding hydrogens is 282 g/mol. The lowest BCUT2D eigenvalue weighted by atomic mass is 10.3. The number of imidazole rings is 2. The first kappa shape index (κ1) is 14.1. The Balaban J connectivity index is 2.09. The summed E-state index contributed by atoms with van der Waals surface area (Å²) < 4.78 is 1.99. The van der Waals surface area contributed by atoms with Crippen LogP contribution in [0.4, 0.5) is 0 Å². The average molecular weight is 299 g/mol. The van der Waals surface area contributed by atoms with Crippen molar-refractivity contribution in [3.8, 4) is 0 Å². The minimum atomic E-state index is 0.191. The Bertz CT molecular complexity index is 810. The van der Waals surface area contributed by atoms with Crippen molar-refractivity contribution < 1.29 is 4.79 Å². The van der Waals surface area contributed by atoms with Gasteiger partial charge in [-0.15, -0.1) is 0 Å². The lowest BCUT2D eigenvalue weighted by Crippen LogP contribution is -1.94. The van der Waals surface area contributed by atoms with E-state index in [-0.39, 0.29) is 5.12 Å². The van der Waals surface area contributed by atoms with Crippen LogP contribution in [0.25, 0.3) is 16.8 Å². The smallest absolute Gasteiger partial charge is 0.236 e. The minimum Gasteiger partial charge on any atom is -0.287 e. The third-order valence-corrected chi connectivity index (χ3v) is 4.48. The quantitative estimate of drug-likeness (QED) is 0.683. The maximum absolute atomic E-state index is 12.1. The number of hydrogen-bond donors (Lipinski definition) is 0. The molecule has 108 valence electrons. The molecular formula is C16H17N3OS. The highest BCUT2D eigenvalue weighted by Gasteiger charge is 2.17. The second kappa shape index (κ2) is 5.85. The Kier molecular flexibility index (Phi) is 3.92. The molecule has 21 heavy (non-hydrogen) atoms. The highest BCUT2D eigenvalue weighted by Crippen LogP contribution is 2.29. The number of unbranched alkanes of at least 4 members (excludes halogenated alkanes) is 1. The van der Waals surface area contributed by atoms with Crippen LogP contribution in [0, 0.1) is 6.92 Å². The zero-order valence-electron chi connectivity index (χ0n) is 12.2. The molecule has 0 N–H and O–H groups in total. The largest absolute Gasteiger partial charge is 0.287 e. The van der Waals surface area contributed by atoms with Gasteiger partial charge in [0.05, 0.1) is 16.7 Å². The molecule has 0 spiro atoms. The standard InChI is InChI=1S/C16H17N3OS/c1-3-4-10-14(20)21-15-11(2)17-16-18-12-8-6-5-7-9-13(12)19(15)16/h5-9H,3-4,10H2,1-2H3. The van der Waals surface area contributed by atoms with Gasteiger partial charge >= 0.3 is 0 Å². The van der Waals surface area contributed by atoms with E-state index >= 15 is 0 Å². The van der Waals surface area contributed by atoms with Gasteiger partial charge in [-0.25, -0.2) is 9.97 Å². The van der Waals surface area contributed by atoms with E-state index in [0.717, 1.165) is 34.6 Å². The van der Waals surface area contributed by atoms with Crippen molar-refractivity contribution in [3.63, 3.8) is 0 Å². The predicted molar refractivity (Wildman–Crippen MR) is 85.6 cm³/mol. The molecule has 0 unspecified atom stereocenters. The molecule has 0 saturated carbocycles. The van der Waals surface area contributed by atoms with Gasteiger partial charge in [0, 0.05) is 6.42 Å². The number of hydrogen-bond acceptors (Lipinski definition) is 4. The minimum absolute atomic E-state index is 0.191. The van der Waals surface area contributed by atoms with Gasteiger partial charge in [0.25, 0.3) is 0 Å². The number of aryl methyl sites for hydroxylation is 1. The van der Waals surface area contributed by atoms with Crippen LogP contribution in [-0.2, 0) is 4.79 Å². The van der Waals surface area contributed by atoms with Crippen LogP contribution in [0.1, 0.15) is 31.9 Å². The Morgan fingerprint density at radius 1 is 1.24 bits per heavy atom. The first-order valence-corrected chi connectivity index (χ1v) is 7.97. The zero-order chi connectivity index (χ0) is 14.8. The summed E-state index contributed by atoms with van der Waals surface area (Å²) in [5.41, 5.74) is 2.74. The highest BCUT2D eigenvalue weighted by molar-refractivity contribution is 8.13. The molecule has 0 aliphatic heterocycles. The summed E-state index contributed by atoms with van der Waals surface area (Å²) in [5, 5.41) is 1.08. The summed E-state index contributed by atoms with van der Waals surface area (Å²) in [6.45, 7) is 4.02. The molecule has 3 rings (SSSR count). The fourth-order valence-electron chi connectivity index (χ4n) is 2.31. The lowest BCUT2D eigenvalue weighted by Gasteiger charge is -2.00. The van der Waals surface area contributed by atoms with Crippen molar-refractivity contribution in [2.45, 2.75) is 38.1 Å². The molecule has 0 radical (unpaired) electrons. The number of carbonyl (C=O) groups excluding carboxylic acids is 1. The van der Waals surface area contributed by atoms with Crippen molar-refractivity contribution in [3.05, 3.63) is 36.0 Å². The maximum Gasteiger partial charge on any atom is 0.236 e. The van der Waals surface area contributed by atoms with Gasteiger partial charge in [0.1, 0.15) is 5.03 Å². The molecule has 0 aliphatic carbocycles. The summed E-state index contributed by atoms with van der Waals surface area (Å²) in [7, 11) is 0. The maximum atomic E-state index is 12.1. The van der Waals surface area contributed by atoms with Crippen molar-refractivity contribution in [1.82, 2.24) is 14.4 Å². The number of rotatable bonds is 4. The highest BCUT2D eigenvalue weighted by atomic mass is 32.2. The molecule has 0 aliphatic rings. The van der Waals surface area contributed by atoms with Gasteiger partial charge in [-0.2, -0.15) is 0 Å². The summed E-state index contributed by atoms with van der Waals surface area (Å²) >= 11 is 1.28. The van der Waals surface area contributed by atoms with E-state index in [1.54, 1.807) is 0 Å². The first-order valence-electron chi connectivity index (χ1n) is 7.15. The van der Waals surface area contributed by atoms with Crippen LogP contribution in [0.15, 0.2) is 35.4 Å². The first-order chi connectivity index (χ1) is 10.2. The number of nitrogens with zero attached hydrogens (tertiary/aromatic N) is 3. The number of fused-ring (bicyclic) bond motifs is 3. The molecule has 2 aromatic heterocycles. The van der Waals surface area contributed by atoms with E-state index in [1.807, 2.05) is 41.7 Å². The van der Waals surface area contributed by atoms with Gasteiger partial charge < -0.3 is 0 Å². The topological polar surface area (TPSA) is 47.3 Å². The fourth-order valence-corrected chi connectivity index (χ4v) is 3.24. The Morgan fingerprint density at radius 3 is 2.86 bits per heavy atom. The van der Waals surface area contributed by atoms with Crippen molar-refractivity contribution in [2.24, 2.45) is 0 Å². The van der Waals surface area contributed by atoms with Crippen molar-refractivity contribution in [2.75, 3.05) is 0 Å². The molecule has 0 saturated heterocycles. The van der Waals surface area contributed by atoms with Crippen LogP contribution in [0.3, 0.4) is 0 Å². The third-order valence-electron chi connectivity index (χ3n) is 3.38. The van der Waals surface area contributed by atoms with Crippen molar-refractivity contribution >= 4 is 33.7 Å². The van der Waals surface area contributed by atoms with E-state index in [0.29, 0.717) is 12.2 Å². The van der Waals surface area contributed by atoms with E-state index in [1.165, 1.54) is 11.8 Å². The van der Waals surface area contributed by atoms with E-state index < -0.39 is 0 Å². The molecule has 4 nitrogen and oxygen atoms in total. The average Bonchev–Trinajstić information content (AvgIpc) is 2.83. The van der Waals surface area contributed by atoms with Gasteiger partial charge in [-0.1, -0.05) is 31.5 Å². The Morgan fingerprint density at radius 2 is 2.05 bits per heavy atom. The second-order valence-corrected chi connectivity index (χ2v) is 6.05. The number of aromatic nitrogens is 3. The van der Waals surface area contributed by atoms with Gasteiger partial charge in [0.2, 0.25) is 5.78 Å². The van der Waals surface area contributed by atoms with Gasteiger partial charge in [0.15, 0.2) is 5.12 Å². The summed E-state index contributed by atoms with van der Waals surface area (Å²) in [6, 6.07) is 9.88. The fraction of sp³-hybridized carbons (Fsp3) is 0.312. The van der Waals surface area contributed by atoms with Crippen LogP contribution < -0.4 is 0 Å².